The molecule has 0 aromatic rings. The molecule has 0 rings (SSSR count). The third kappa shape index (κ3) is 83.1. The first-order valence-electron chi connectivity index (χ1n) is 47.9. The molecule has 0 bridgehead atoms. The summed E-state index contributed by atoms with van der Waals surface area (Å²) in [5.74, 6) is 0.352. The molecule has 0 aromatic heterocycles. The van der Waals surface area contributed by atoms with E-state index < -0.39 is 97.5 Å². The van der Waals surface area contributed by atoms with E-state index >= 15 is 0 Å². The Morgan fingerprint density at radius 3 is 0.679 bits per heavy atom. The van der Waals surface area contributed by atoms with Gasteiger partial charge in [-0.25, -0.2) is 9.13 Å². The molecule has 0 aliphatic rings. The molecule has 7 atom stereocenters. The fourth-order valence-corrected chi connectivity index (χ4v) is 16.1. The Morgan fingerprint density at radius 2 is 0.455 bits per heavy atom. The summed E-state index contributed by atoms with van der Waals surface area (Å²) in [5.41, 5.74) is 0. The van der Waals surface area contributed by atoms with Crippen molar-refractivity contribution >= 4 is 39.5 Å². The third-order valence-corrected chi connectivity index (χ3v) is 24.5. The highest BCUT2D eigenvalue weighted by molar-refractivity contribution is 7.47. The lowest BCUT2D eigenvalue weighted by atomic mass is 9.99. The van der Waals surface area contributed by atoms with Gasteiger partial charge in [-0.3, -0.25) is 37.3 Å². The van der Waals surface area contributed by atoms with E-state index in [9.17, 15) is 43.2 Å². The second kappa shape index (κ2) is 82.7. The molecule has 19 heteroatoms. The van der Waals surface area contributed by atoms with Gasteiger partial charge < -0.3 is 33.8 Å². The number of phosphoric ester groups is 2. The number of hydrogen-bond acceptors (Lipinski definition) is 15. The van der Waals surface area contributed by atoms with Crippen LogP contribution < -0.4 is 0 Å². The lowest BCUT2D eigenvalue weighted by molar-refractivity contribution is -0.161. The molecule has 112 heavy (non-hydrogen) atoms. The zero-order chi connectivity index (χ0) is 82.2. The van der Waals surface area contributed by atoms with Gasteiger partial charge in [0.25, 0.3) is 0 Å². The maximum absolute atomic E-state index is 13.2. The van der Waals surface area contributed by atoms with Gasteiger partial charge >= 0.3 is 39.5 Å². The molecule has 4 unspecified atom stereocenters. The highest BCUT2D eigenvalue weighted by atomic mass is 31.2. The number of hydrogen-bond donors (Lipinski definition) is 3. The van der Waals surface area contributed by atoms with E-state index in [4.69, 9.17) is 37.0 Å². The Labute approximate surface area is 689 Å². The molecule has 666 valence electrons. The predicted octanol–water partition coefficient (Wildman–Crippen LogP) is 28.8. The first-order chi connectivity index (χ1) is 54.3. The van der Waals surface area contributed by atoms with Crippen LogP contribution in [0.4, 0.5) is 0 Å². The molecule has 0 spiro atoms. The molecule has 0 aliphatic heterocycles. The second-order valence-electron chi connectivity index (χ2n) is 34.4. The molecule has 0 aliphatic carbocycles. The fraction of sp³-hybridized carbons (Fsp3) is 0.957. The van der Waals surface area contributed by atoms with Crippen LogP contribution in [-0.2, 0) is 65.4 Å². The molecule has 0 aromatic carbocycles. The van der Waals surface area contributed by atoms with Crippen molar-refractivity contribution in [2.45, 2.75) is 516 Å². The van der Waals surface area contributed by atoms with Crippen molar-refractivity contribution in [2.75, 3.05) is 39.6 Å². The van der Waals surface area contributed by atoms with Crippen molar-refractivity contribution in [1.29, 1.82) is 0 Å². The summed E-state index contributed by atoms with van der Waals surface area (Å²) in [7, 11) is -9.94. The quantitative estimate of drug-likeness (QED) is 0.0222. The Hall–Kier alpha value is -1.94. The lowest BCUT2D eigenvalue weighted by Crippen LogP contribution is -2.30. The molecular formula is C93H182O17P2. The van der Waals surface area contributed by atoms with Crippen LogP contribution in [0.25, 0.3) is 0 Å². The number of unbranched alkanes of at least 4 members (excludes halogenated alkanes) is 57. The van der Waals surface area contributed by atoms with Gasteiger partial charge in [-0.05, 0) is 43.4 Å². The number of aliphatic hydroxyl groups is 1. The zero-order valence-corrected chi connectivity index (χ0v) is 75.9. The fourth-order valence-electron chi connectivity index (χ4n) is 14.5. The van der Waals surface area contributed by atoms with E-state index in [1.54, 1.807) is 0 Å². The number of carbonyl (C=O) groups excluding carboxylic acids is 4. The third-order valence-electron chi connectivity index (χ3n) is 22.6. The minimum atomic E-state index is -4.97. The maximum atomic E-state index is 13.2. The van der Waals surface area contributed by atoms with E-state index in [2.05, 4.69) is 48.5 Å². The molecule has 0 amide bonds. The molecule has 3 N–H and O–H groups in total. The van der Waals surface area contributed by atoms with Crippen LogP contribution in [0.2, 0.25) is 0 Å². The minimum Gasteiger partial charge on any atom is -0.462 e. The van der Waals surface area contributed by atoms with Crippen LogP contribution in [0.3, 0.4) is 0 Å². The molecule has 0 heterocycles. The number of phosphoric acid groups is 2. The Balaban J connectivity index is 5.21. The summed E-state index contributed by atoms with van der Waals surface area (Å²) >= 11 is 0. The average molecular weight is 1630 g/mol. The minimum absolute atomic E-state index is 0.108. The summed E-state index contributed by atoms with van der Waals surface area (Å²) in [4.78, 5) is 73.4. The number of carbonyl (C=O) groups is 4. The summed E-state index contributed by atoms with van der Waals surface area (Å²) in [6, 6.07) is 0. The lowest BCUT2D eigenvalue weighted by Gasteiger charge is -2.21. The summed E-state index contributed by atoms with van der Waals surface area (Å²) in [6.07, 6.45) is 76.6. The largest absolute Gasteiger partial charge is 0.472 e. The van der Waals surface area contributed by atoms with E-state index in [1.165, 1.54) is 302 Å². The number of ether oxygens (including phenoxy) is 4. The summed E-state index contributed by atoms with van der Waals surface area (Å²) in [5, 5.41) is 10.7. The van der Waals surface area contributed by atoms with Gasteiger partial charge in [-0.2, -0.15) is 0 Å². The van der Waals surface area contributed by atoms with Crippen molar-refractivity contribution in [3.05, 3.63) is 0 Å². The van der Waals surface area contributed by atoms with Crippen LogP contribution in [0.15, 0.2) is 0 Å². The van der Waals surface area contributed by atoms with E-state index in [-0.39, 0.29) is 25.7 Å². The van der Waals surface area contributed by atoms with Crippen molar-refractivity contribution in [3.63, 3.8) is 0 Å². The van der Waals surface area contributed by atoms with Gasteiger partial charge in [-0.1, -0.05) is 447 Å². The monoisotopic (exact) mass is 1630 g/mol. The van der Waals surface area contributed by atoms with Crippen LogP contribution in [0.5, 0.6) is 0 Å². The second-order valence-corrected chi connectivity index (χ2v) is 37.3. The molecule has 0 fully saturated rings. The molecule has 0 saturated heterocycles. The zero-order valence-electron chi connectivity index (χ0n) is 74.2. The molecule has 17 nitrogen and oxygen atoms in total. The van der Waals surface area contributed by atoms with E-state index in [0.29, 0.717) is 31.6 Å². The first-order valence-corrected chi connectivity index (χ1v) is 50.9. The van der Waals surface area contributed by atoms with Crippen molar-refractivity contribution in [2.24, 2.45) is 17.8 Å². The van der Waals surface area contributed by atoms with Crippen molar-refractivity contribution in [3.8, 4) is 0 Å². The topological polar surface area (TPSA) is 237 Å². The number of rotatable bonds is 91. The molecule has 0 radical (unpaired) electrons. The van der Waals surface area contributed by atoms with Crippen molar-refractivity contribution < 1.29 is 80.2 Å². The van der Waals surface area contributed by atoms with Gasteiger partial charge in [0.05, 0.1) is 26.4 Å². The molecule has 0 saturated carbocycles. The normalized spacial score (nSPS) is 14.2. The van der Waals surface area contributed by atoms with Gasteiger partial charge in [0.2, 0.25) is 0 Å². The molecular weight excluding hydrogens is 1450 g/mol. The van der Waals surface area contributed by atoms with Gasteiger partial charge in [0.15, 0.2) is 12.2 Å². The first kappa shape index (κ1) is 110. The van der Waals surface area contributed by atoms with Crippen molar-refractivity contribution in [1.82, 2.24) is 0 Å². The van der Waals surface area contributed by atoms with Gasteiger partial charge in [0, 0.05) is 25.7 Å². The smallest absolute Gasteiger partial charge is 0.462 e. The number of aliphatic hydroxyl groups excluding tert-OH is 1. The highest BCUT2D eigenvalue weighted by Gasteiger charge is 2.31. The SMILES string of the molecule is CCCCCCCCCCCCCCCCCCCCC(=O)O[C@H](COC(=O)CCCCCCCCCC(C)C)COP(=O)(O)OC[C@H](O)COP(=O)(O)OC[C@@H](COC(=O)CCCCCCCCCCCCCCCCCCCCC(C)CC)OC(=O)CCCCCCCCCCCCCCCCCCCCC(C)CC. The van der Waals surface area contributed by atoms with Crippen LogP contribution in [0, 0.1) is 17.8 Å². The Bertz CT molecular complexity index is 2150. The average Bonchev–Trinajstić information content (AvgIpc) is 0.898. The highest BCUT2D eigenvalue weighted by Crippen LogP contribution is 2.45. The van der Waals surface area contributed by atoms with Crippen LogP contribution >= 0.6 is 15.6 Å². The Kier molecular flexibility index (Phi) is 81.3. The van der Waals surface area contributed by atoms with Gasteiger partial charge in [-0.15, -0.1) is 0 Å². The maximum Gasteiger partial charge on any atom is 0.472 e. The number of esters is 4. The summed E-state index contributed by atoms with van der Waals surface area (Å²) < 4.78 is 69.1. The standard InChI is InChI=1S/C93H182O17P2/c1-8-11-12-13-14-15-16-17-18-19-26-32-37-42-47-54-62-70-77-93(98)110-89(81-104-91(96)75-68-61-56-49-50-57-64-71-84(4)5)83-108-112(101,102)106-79-87(94)78-105-111(99,100)107-82-88(109-92(97)76-69-63-55-48-43-38-33-28-23-21-25-30-35-40-45-52-59-66-73-86(7)10-3)80-103-90(95)74-67-60-53-46-41-36-31-27-22-20-24-29-34-39-44-51-58-65-72-85(6)9-2/h84-89,94H,8-83H2,1-7H3,(H,99,100)(H,101,102)/t85?,86?,87-,88-,89-/m1/s1. The summed E-state index contributed by atoms with van der Waals surface area (Å²) in [6.45, 7) is 12.1. The van der Waals surface area contributed by atoms with E-state index in [1.807, 2.05) is 0 Å². The van der Waals surface area contributed by atoms with Crippen LogP contribution in [0.1, 0.15) is 498 Å². The Morgan fingerprint density at radius 1 is 0.259 bits per heavy atom. The van der Waals surface area contributed by atoms with E-state index in [0.717, 1.165) is 108 Å². The predicted molar refractivity (Wildman–Crippen MR) is 465 cm³/mol. The van der Waals surface area contributed by atoms with Crippen LogP contribution in [-0.4, -0.2) is 96.7 Å². The van der Waals surface area contributed by atoms with Gasteiger partial charge in [0.1, 0.15) is 19.3 Å².